The van der Waals surface area contributed by atoms with Gasteiger partial charge in [-0.3, -0.25) is 4.79 Å². The van der Waals surface area contributed by atoms with Crippen molar-refractivity contribution < 1.29 is 14.3 Å². The fourth-order valence-corrected chi connectivity index (χ4v) is 2.19. The molecule has 0 saturated carbocycles. The quantitative estimate of drug-likeness (QED) is 0.669. The Kier molecular flexibility index (Phi) is 5.88. The van der Waals surface area contributed by atoms with Gasteiger partial charge in [-0.15, -0.1) is 0 Å². The lowest BCUT2D eigenvalue weighted by molar-refractivity contribution is -0.131. The Hall–Kier alpha value is -0.650. The maximum Gasteiger partial charge on any atom is 0.227 e. The van der Waals surface area contributed by atoms with Gasteiger partial charge in [-0.05, 0) is 19.4 Å². The Morgan fingerprint density at radius 1 is 1.53 bits per heavy atom. The third-order valence-electron chi connectivity index (χ3n) is 3.58. The lowest BCUT2D eigenvalue weighted by Crippen LogP contribution is -2.45. The molecule has 2 unspecified atom stereocenters. The summed E-state index contributed by atoms with van der Waals surface area (Å²) in [5.74, 6) is 0.128. The second-order valence-corrected chi connectivity index (χ2v) is 4.58. The van der Waals surface area contributed by atoms with E-state index in [0.717, 1.165) is 25.9 Å². The number of carbonyl (C=O) groups is 1. The van der Waals surface area contributed by atoms with E-state index in [2.05, 4.69) is 17.6 Å². The van der Waals surface area contributed by atoms with Gasteiger partial charge in [-0.1, -0.05) is 6.92 Å². The van der Waals surface area contributed by atoms with Gasteiger partial charge in [0.15, 0.2) is 0 Å². The van der Waals surface area contributed by atoms with Crippen molar-refractivity contribution in [3.63, 3.8) is 0 Å². The van der Waals surface area contributed by atoms with Crippen LogP contribution in [0, 0.1) is 5.41 Å². The molecule has 1 aliphatic rings. The average Bonchev–Trinajstić information content (AvgIpc) is 2.84. The molecule has 17 heavy (non-hydrogen) atoms. The van der Waals surface area contributed by atoms with Crippen LogP contribution in [0.2, 0.25) is 0 Å². The van der Waals surface area contributed by atoms with E-state index >= 15 is 0 Å². The minimum absolute atomic E-state index is 0.0766. The fraction of sp³-hybridized carbons (Fsp3) is 0.917. The topological polar surface area (TPSA) is 59.6 Å². The lowest BCUT2D eigenvalue weighted by Gasteiger charge is -2.26. The Bertz CT molecular complexity index is 240. The molecule has 2 atom stereocenters. The van der Waals surface area contributed by atoms with Crippen LogP contribution in [0.15, 0.2) is 0 Å². The van der Waals surface area contributed by atoms with Crippen LogP contribution in [0.4, 0.5) is 0 Å². The van der Waals surface area contributed by atoms with E-state index in [1.165, 1.54) is 0 Å². The molecule has 1 amide bonds. The Morgan fingerprint density at radius 3 is 2.76 bits per heavy atom. The summed E-state index contributed by atoms with van der Waals surface area (Å²) in [4.78, 5) is 12.2. The fourth-order valence-electron chi connectivity index (χ4n) is 2.19. The van der Waals surface area contributed by atoms with Crippen molar-refractivity contribution in [3.8, 4) is 0 Å². The van der Waals surface area contributed by atoms with Crippen molar-refractivity contribution >= 4 is 5.91 Å². The molecule has 0 spiro atoms. The molecule has 0 aromatic carbocycles. The predicted molar refractivity (Wildman–Crippen MR) is 65.9 cm³/mol. The molecule has 0 radical (unpaired) electrons. The Labute approximate surface area is 103 Å². The number of rotatable bonds is 7. The third kappa shape index (κ3) is 3.66. The van der Waals surface area contributed by atoms with Crippen molar-refractivity contribution in [2.75, 3.05) is 40.5 Å². The number of methoxy groups -OCH3 is 2. The molecule has 1 rings (SSSR count). The Morgan fingerprint density at radius 2 is 2.29 bits per heavy atom. The van der Waals surface area contributed by atoms with Crippen LogP contribution >= 0.6 is 0 Å². The summed E-state index contributed by atoms with van der Waals surface area (Å²) in [6, 6.07) is 0. The summed E-state index contributed by atoms with van der Waals surface area (Å²) >= 11 is 0. The van der Waals surface area contributed by atoms with E-state index in [1.54, 1.807) is 14.2 Å². The molecule has 1 heterocycles. The molecular weight excluding hydrogens is 220 g/mol. The minimum atomic E-state index is -0.231. The maximum absolute atomic E-state index is 12.2. The summed E-state index contributed by atoms with van der Waals surface area (Å²) in [7, 11) is 3.25. The molecule has 0 aliphatic carbocycles. The summed E-state index contributed by atoms with van der Waals surface area (Å²) in [6.45, 7) is 4.76. The number of hydrogen-bond donors (Lipinski definition) is 2. The molecule has 0 aromatic rings. The summed E-state index contributed by atoms with van der Waals surface area (Å²) in [5, 5.41) is 6.22. The number of amides is 1. The van der Waals surface area contributed by atoms with E-state index < -0.39 is 0 Å². The smallest absolute Gasteiger partial charge is 0.227 e. The molecule has 1 aliphatic heterocycles. The Balaban J connectivity index is 2.42. The number of ether oxygens (including phenoxy) is 2. The van der Waals surface area contributed by atoms with E-state index in [0.29, 0.717) is 13.2 Å². The van der Waals surface area contributed by atoms with Crippen LogP contribution in [0.25, 0.3) is 0 Å². The van der Waals surface area contributed by atoms with Gasteiger partial charge in [0.2, 0.25) is 5.91 Å². The van der Waals surface area contributed by atoms with Crippen LogP contribution < -0.4 is 10.6 Å². The zero-order valence-corrected chi connectivity index (χ0v) is 11.0. The molecule has 1 saturated heterocycles. The predicted octanol–water partition coefficient (Wildman–Crippen LogP) is 0.154. The zero-order chi connectivity index (χ0) is 12.7. The highest BCUT2D eigenvalue weighted by atomic mass is 16.5. The van der Waals surface area contributed by atoms with Gasteiger partial charge in [0.25, 0.3) is 0 Å². The highest BCUT2D eigenvalue weighted by Gasteiger charge is 2.39. The van der Waals surface area contributed by atoms with Gasteiger partial charge in [0.1, 0.15) is 0 Å². The van der Waals surface area contributed by atoms with Crippen molar-refractivity contribution in [1.29, 1.82) is 0 Å². The van der Waals surface area contributed by atoms with Crippen LogP contribution in [0.5, 0.6) is 0 Å². The van der Waals surface area contributed by atoms with Crippen LogP contribution in [0.3, 0.4) is 0 Å². The summed E-state index contributed by atoms with van der Waals surface area (Å²) in [5.41, 5.74) is -0.231. The summed E-state index contributed by atoms with van der Waals surface area (Å²) < 4.78 is 10.2. The van der Waals surface area contributed by atoms with E-state index in [4.69, 9.17) is 9.47 Å². The van der Waals surface area contributed by atoms with Gasteiger partial charge in [0, 0.05) is 27.3 Å². The highest BCUT2D eigenvalue weighted by molar-refractivity contribution is 5.83. The number of carbonyl (C=O) groups excluding carboxylic acids is 1. The largest absolute Gasteiger partial charge is 0.382 e. The first-order valence-corrected chi connectivity index (χ1v) is 6.19. The van der Waals surface area contributed by atoms with Gasteiger partial charge in [-0.2, -0.15) is 0 Å². The van der Waals surface area contributed by atoms with E-state index in [1.807, 2.05) is 0 Å². The monoisotopic (exact) mass is 244 g/mol. The first kappa shape index (κ1) is 14.4. The SMILES string of the molecule is CCC1(C(=O)NCC(COC)OC)CCNC1. The van der Waals surface area contributed by atoms with Gasteiger partial charge < -0.3 is 20.1 Å². The second-order valence-electron chi connectivity index (χ2n) is 4.58. The molecule has 5 heteroatoms. The lowest BCUT2D eigenvalue weighted by atomic mass is 9.83. The zero-order valence-electron chi connectivity index (χ0n) is 11.0. The first-order chi connectivity index (χ1) is 8.18. The molecule has 0 aromatic heterocycles. The second kappa shape index (κ2) is 6.93. The van der Waals surface area contributed by atoms with Crippen molar-refractivity contribution in [3.05, 3.63) is 0 Å². The number of nitrogens with one attached hydrogen (secondary N) is 2. The standard InChI is InChI=1S/C12H24N2O3/c1-4-12(5-6-13-9-12)11(15)14-7-10(17-3)8-16-2/h10,13H,4-9H2,1-3H3,(H,14,15). The van der Waals surface area contributed by atoms with Crippen LogP contribution in [-0.2, 0) is 14.3 Å². The minimum Gasteiger partial charge on any atom is -0.382 e. The first-order valence-electron chi connectivity index (χ1n) is 6.19. The molecule has 5 nitrogen and oxygen atoms in total. The van der Waals surface area contributed by atoms with Crippen molar-refractivity contribution in [2.45, 2.75) is 25.9 Å². The molecule has 1 fully saturated rings. The molecule has 0 bridgehead atoms. The average molecular weight is 244 g/mol. The number of hydrogen-bond acceptors (Lipinski definition) is 4. The van der Waals surface area contributed by atoms with Gasteiger partial charge in [-0.25, -0.2) is 0 Å². The highest BCUT2D eigenvalue weighted by Crippen LogP contribution is 2.29. The van der Waals surface area contributed by atoms with Gasteiger partial charge >= 0.3 is 0 Å². The van der Waals surface area contributed by atoms with Crippen LogP contribution in [0.1, 0.15) is 19.8 Å². The van der Waals surface area contributed by atoms with E-state index in [-0.39, 0.29) is 17.4 Å². The molecular formula is C12H24N2O3. The molecule has 2 N–H and O–H groups in total. The van der Waals surface area contributed by atoms with Gasteiger partial charge in [0.05, 0.1) is 18.1 Å². The summed E-state index contributed by atoms with van der Waals surface area (Å²) in [6.07, 6.45) is 1.71. The van der Waals surface area contributed by atoms with E-state index in [9.17, 15) is 4.79 Å². The van der Waals surface area contributed by atoms with Crippen molar-refractivity contribution in [2.24, 2.45) is 5.41 Å². The normalized spacial score (nSPS) is 25.8. The van der Waals surface area contributed by atoms with Crippen molar-refractivity contribution in [1.82, 2.24) is 10.6 Å². The molecule has 100 valence electrons. The third-order valence-corrected chi connectivity index (χ3v) is 3.58. The maximum atomic E-state index is 12.2. The van der Waals surface area contributed by atoms with Crippen LogP contribution in [-0.4, -0.2) is 52.5 Å².